The van der Waals surface area contributed by atoms with Crippen LogP contribution in [0.1, 0.15) is 53.9 Å². The fraction of sp³-hybridized carbons (Fsp3) is 0.650. The van der Waals surface area contributed by atoms with Crippen molar-refractivity contribution in [2.24, 2.45) is 17.3 Å². The van der Waals surface area contributed by atoms with Crippen LogP contribution in [0.2, 0.25) is 0 Å². The van der Waals surface area contributed by atoms with Gasteiger partial charge in [0.05, 0.1) is 5.60 Å². The Labute approximate surface area is 140 Å². The summed E-state index contributed by atoms with van der Waals surface area (Å²) in [5.41, 5.74) is -1.40. The lowest BCUT2D eigenvalue weighted by molar-refractivity contribution is -0.129. The Balaban J connectivity index is 2.94. The van der Waals surface area contributed by atoms with Crippen LogP contribution >= 0.6 is 0 Å². The molecule has 1 aliphatic rings. The van der Waals surface area contributed by atoms with Crippen molar-refractivity contribution in [3.63, 3.8) is 0 Å². The molecule has 1 fully saturated rings. The van der Waals surface area contributed by atoms with Crippen molar-refractivity contribution in [3.05, 3.63) is 37.0 Å². The van der Waals surface area contributed by atoms with E-state index in [0.29, 0.717) is 0 Å². The van der Waals surface area contributed by atoms with Gasteiger partial charge in [-0.15, -0.1) is 6.58 Å². The maximum atomic E-state index is 11.8. The smallest absolute Gasteiger partial charge is 0.186 e. The van der Waals surface area contributed by atoms with E-state index in [2.05, 4.69) is 20.1 Å². The second-order valence-electron chi connectivity index (χ2n) is 8.06. The molecule has 0 aliphatic heterocycles. The van der Waals surface area contributed by atoms with E-state index < -0.39 is 17.0 Å². The second-order valence-corrected chi connectivity index (χ2v) is 8.06. The number of carbonyl (C=O) groups is 1. The summed E-state index contributed by atoms with van der Waals surface area (Å²) in [6, 6.07) is 0. The normalized spacial score (nSPS) is 31.6. The van der Waals surface area contributed by atoms with Crippen LogP contribution in [0, 0.1) is 17.3 Å². The molecule has 0 saturated heterocycles. The van der Waals surface area contributed by atoms with Gasteiger partial charge in [-0.3, -0.25) is 4.79 Å². The zero-order chi connectivity index (χ0) is 18.1. The molecular weight excluding hydrogens is 288 g/mol. The highest BCUT2D eigenvalue weighted by Crippen LogP contribution is 2.49. The summed E-state index contributed by atoms with van der Waals surface area (Å²) in [4.78, 5) is 11.8. The molecule has 130 valence electrons. The van der Waals surface area contributed by atoms with Crippen molar-refractivity contribution in [1.29, 1.82) is 0 Å². The largest absolute Gasteiger partial charge is 0.386 e. The van der Waals surface area contributed by atoms with Gasteiger partial charge in [0.2, 0.25) is 0 Å². The summed E-state index contributed by atoms with van der Waals surface area (Å²) in [5.74, 6) is -0.0901. The molecule has 0 radical (unpaired) electrons. The molecule has 1 saturated carbocycles. The van der Waals surface area contributed by atoms with Gasteiger partial charge in [-0.2, -0.15) is 0 Å². The Morgan fingerprint density at radius 2 is 1.87 bits per heavy atom. The molecule has 2 N–H and O–H groups in total. The molecule has 0 heterocycles. The Kier molecular flexibility index (Phi) is 5.82. The molecule has 4 atom stereocenters. The number of allylic oxidation sites excluding steroid dienone is 2. The predicted octanol–water partition coefficient (Wildman–Crippen LogP) is 3.82. The van der Waals surface area contributed by atoms with Crippen LogP contribution in [0.25, 0.3) is 0 Å². The first-order valence-electron chi connectivity index (χ1n) is 8.31. The van der Waals surface area contributed by atoms with Gasteiger partial charge in [-0.1, -0.05) is 25.2 Å². The Bertz CT molecular complexity index is 507. The zero-order valence-electron chi connectivity index (χ0n) is 15.2. The molecule has 3 heteroatoms. The van der Waals surface area contributed by atoms with Crippen LogP contribution in [0.3, 0.4) is 0 Å². The molecule has 0 amide bonds. The van der Waals surface area contributed by atoms with Gasteiger partial charge in [0.1, 0.15) is 5.60 Å². The van der Waals surface area contributed by atoms with Crippen molar-refractivity contribution >= 4 is 5.78 Å². The van der Waals surface area contributed by atoms with E-state index in [4.69, 9.17) is 0 Å². The summed E-state index contributed by atoms with van der Waals surface area (Å²) in [7, 11) is 0. The zero-order valence-corrected chi connectivity index (χ0v) is 15.2. The van der Waals surface area contributed by atoms with Gasteiger partial charge < -0.3 is 10.2 Å². The molecule has 0 aromatic rings. The van der Waals surface area contributed by atoms with Crippen molar-refractivity contribution in [3.8, 4) is 0 Å². The van der Waals surface area contributed by atoms with Gasteiger partial charge in [0.15, 0.2) is 5.78 Å². The first-order chi connectivity index (χ1) is 10.3. The van der Waals surface area contributed by atoms with Crippen LogP contribution in [0.5, 0.6) is 0 Å². The molecule has 0 bridgehead atoms. The predicted molar refractivity (Wildman–Crippen MR) is 95.0 cm³/mol. The minimum Gasteiger partial charge on any atom is -0.386 e. The highest BCUT2D eigenvalue weighted by Gasteiger charge is 2.43. The highest BCUT2D eigenvalue weighted by atomic mass is 16.3. The quantitative estimate of drug-likeness (QED) is 0.578. The third kappa shape index (κ3) is 4.65. The van der Waals surface area contributed by atoms with E-state index in [1.165, 1.54) is 26.0 Å². The molecular formula is C20H32O3. The van der Waals surface area contributed by atoms with E-state index in [-0.39, 0.29) is 17.3 Å². The van der Waals surface area contributed by atoms with E-state index >= 15 is 0 Å². The maximum Gasteiger partial charge on any atom is 0.186 e. The van der Waals surface area contributed by atoms with Crippen LogP contribution in [-0.4, -0.2) is 27.2 Å². The van der Waals surface area contributed by atoms with E-state index in [1.807, 2.05) is 13.0 Å². The average Bonchev–Trinajstić information content (AvgIpc) is 2.43. The number of hydrogen-bond donors (Lipinski definition) is 2. The van der Waals surface area contributed by atoms with E-state index in [1.54, 1.807) is 6.92 Å². The number of hydrogen-bond acceptors (Lipinski definition) is 3. The van der Waals surface area contributed by atoms with Crippen molar-refractivity contribution in [2.75, 3.05) is 0 Å². The SMILES string of the molecule is C=CC1(C)CCC(C(C)(O)C=CC(=O)C(C)(C)O)CC1C(=C)C. The van der Waals surface area contributed by atoms with Gasteiger partial charge >= 0.3 is 0 Å². The van der Waals surface area contributed by atoms with Gasteiger partial charge in [0.25, 0.3) is 0 Å². The fourth-order valence-corrected chi connectivity index (χ4v) is 3.45. The van der Waals surface area contributed by atoms with Crippen molar-refractivity contribution in [2.45, 2.75) is 65.1 Å². The van der Waals surface area contributed by atoms with Crippen LogP contribution < -0.4 is 0 Å². The number of aliphatic hydroxyl groups is 2. The number of ketones is 1. The van der Waals surface area contributed by atoms with E-state index in [9.17, 15) is 15.0 Å². The van der Waals surface area contributed by atoms with Gasteiger partial charge in [-0.25, -0.2) is 0 Å². The standard InChI is InChI=1S/C20H32O3/c1-8-19(6)11-9-15(13-16(19)14(2)3)20(7,23)12-10-17(21)18(4,5)22/h8,10,12,15-16,22-23H,1-2,9,11,13H2,3-7H3. The Hall–Kier alpha value is -1.19. The molecule has 3 nitrogen and oxygen atoms in total. The van der Waals surface area contributed by atoms with Crippen LogP contribution in [0.15, 0.2) is 37.0 Å². The lowest BCUT2D eigenvalue weighted by Crippen LogP contribution is -2.42. The van der Waals surface area contributed by atoms with E-state index in [0.717, 1.165) is 24.8 Å². The average molecular weight is 320 g/mol. The molecule has 4 unspecified atom stereocenters. The first kappa shape index (κ1) is 19.9. The van der Waals surface area contributed by atoms with Gasteiger partial charge in [0, 0.05) is 0 Å². The summed E-state index contributed by atoms with van der Waals surface area (Å²) < 4.78 is 0. The molecule has 1 rings (SSSR count). The summed E-state index contributed by atoms with van der Waals surface area (Å²) >= 11 is 0. The number of rotatable bonds is 6. The van der Waals surface area contributed by atoms with Crippen molar-refractivity contribution < 1.29 is 15.0 Å². The van der Waals surface area contributed by atoms with Gasteiger partial charge in [-0.05, 0) is 76.4 Å². The monoisotopic (exact) mass is 320 g/mol. The lowest BCUT2D eigenvalue weighted by Gasteiger charge is -2.46. The topological polar surface area (TPSA) is 57.5 Å². The third-order valence-corrected chi connectivity index (χ3v) is 5.41. The second kappa shape index (κ2) is 6.74. The number of carbonyl (C=O) groups excluding carboxylic acids is 1. The first-order valence-corrected chi connectivity index (χ1v) is 8.31. The molecule has 0 aromatic carbocycles. The minimum absolute atomic E-state index is 0.00500. The van der Waals surface area contributed by atoms with Crippen LogP contribution in [-0.2, 0) is 4.79 Å². The fourth-order valence-electron chi connectivity index (χ4n) is 3.45. The molecule has 1 aliphatic carbocycles. The summed E-state index contributed by atoms with van der Waals surface area (Å²) in [5, 5.41) is 20.5. The molecule has 23 heavy (non-hydrogen) atoms. The van der Waals surface area contributed by atoms with Crippen LogP contribution in [0.4, 0.5) is 0 Å². The maximum absolute atomic E-state index is 11.8. The Morgan fingerprint density at radius 3 is 2.30 bits per heavy atom. The lowest BCUT2D eigenvalue weighted by atomic mass is 9.59. The third-order valence-electron chi connectivity index (χ3n) is 5.41. The summed E-state index contributed by atoms with van der Waals surface area (Å²) in [6.45, 7) is 16.9. The molecule has 0 spiro atoms. The molecule has 0 aromatic heterocycles. The highest BCUT2D eigenvalue weighted by molar-refractivity contribution is 5.96. The van der Waals surface area contributed by atoms with Crippen molar-refractivity contribution in [1.82, 2.24) is 0 Å². The Morgan fingerprint density at radius 1 is 1.30 bits per heavy atom. The minimum atomic E-state index is -1.42. The summed E-state index contributed by atoms with van der Waals surface area (Å²) in [6.07, 6.45) is 7.44.